The molecule has 12 heteroatoms. The number of nitriles is 1. The molecular formula is C21H17F2N9O. The highest BCUT2D eigenvalue weighted by Crippen LogP contribution is 2.26. The molecule has 1 aromatic carbocycles. The zero-order chi connectivity index (χ0) is 23.9. The summed E-state index contributed by atoms with van der Waals surface area (Å²) in [5.41, 5.74) is 11.3. The number of halogens is 2. The van der Waals surface area contributed by atoms with E-state index in [0.717, 1.165) is 16.8 Å². The Bertz CT molecular complexity index is 1510. The van der Waals surface area contributed by atoms with Crippen molar-refractivity contribution in [3.8, 4) is 11.8 Å². The number of anilines is 3. The van der Waals surface area contributed by atoms with Crippen LogP contribution in [-0.4, -0.2) is 24.5 Å². The Morgan fingerprint density at radius 3 is 2.67 bits per heavy atom. The van der Waals surface area contributed by atoms with Gasteiger partial charge in [-0.1, -0.05) is 0 Å². The molecule has 0 saturated heterocycles. The van der Waals surface area contributed by atoms with Crippen molar-refractivity contribution in [1.29, 1.82) is 5.26 Å². The van der Waals surface area contributed by atoms with Gasteiger partial charge >= 0.3 is 0 Å². The predicted molar refractivity (Wildman–Crippen MR) is 117 cm³/mol. The van der Waals surface area contributed by atoms with Gasteiger partial charge in [-0.25, -0.2) is 13.8 Å². The minimum absolute atomic E-state index is 0.00264. The van der Waals surface area contributed by atoms with E-state index >= 15 is 0 Å². The quantitative estimate of drug-likeness (QED) is 0.424. The van der Waals surface area contributed by atoms with Crippen molar-refractivity contribution < 1.29 is 8.78 Å². The number of nitrogen functional groups attached to an aromatic ring is 2. The summed E-state index contributed by atoms with van der Waals surface area (Å²) in [5.74, 6) is -1.37. The number of nitrogens with one attached hydrogen (secondary N) is 1. The van der Waals surface area contributed by atoms with Crippen molar-refractivity contribution in [2.24, 2.45) is 0 Å². The van der Waals surface area contributed by atoms with Crippen LogP contribution in [0.15, 0.2) is 35.4 Å². The van der Waals surface area contributed by atoms with Crippen molar-refractivity contribution in [2.75, 3.05) is 16.8 Å². The van der Waals surface area contributed by atoms with E-state index in [1.807, 2.05) is 6.07 Å². The standard InChI is InChI=1S/C21H17F2N9O/c1-9-14(23)7-27-8-16(9)32-19(29-15-4-3-11(22)5-12(15)20(32)33)10(2)28-18-13(6-24)17(25)30-21(26)31-18/h3-5,7-8,10H,1-2H3,(H5,25,26,28,30,31). The minimum Gasteiger partial charge on any atom is -0.382 e. The molecule has 0 radical (unpaired) electrons. The van der Waals surface area contributed by atoms with Crippen LogP contribution >= 0.6 is 0 Å². The molecule has 4 rings (SSSR count). The molecule has 0 saturated carbocycles. The van der Waals surface area contributed by atoms with Crippen molar-refractivity contribution in [1.82, 2.24) is 24.5 Å². The Hall–Kier alpha value is -4.66. The molecule has 1 unspecified atom stereocenters. The van der Waals surface area contributed by atoms with E-state index in [9.17, 15) is 18.8 Å². The van der Waals surface area contributed by atoms with Crippen molar-refractivity contribution >= 4 is 28.5 Å². The second kappa shape index (κ2) is 8.12. The second-order valence-corrected chi connectivity index (χ2v) is 7.21. The fourth-order valence-electron chi connectivity index (χ4n) is 3.39. The highest BCUT2D eigenvalue weighted by atomic mass is 19.1. The van der Waals surface area contributed by atoms with E-state index in [1.165, 1.54) is 25.3 Å². The van der Waals surface area contributed by atoms with Gasteiger partial charge in [0.2, 0.25) is 5.95 Å². The molecule has 0 aliphatic rings. The van der Waals surface area contributed by atoms with E-state index < -0.39 is 23.2 Å². The van der Waals surface area contributed by atoms with E-state index in [0.29, 0.717) is 0 Å². The Kier molecular flexibility index (Phi) is 5.31. The van der Waals surface area contributed by atoms with Gasteiger partial charge in [-0.05, 0) is 32.0 Å². The van der Waals surface area contributed by atoms with Gasteiger partial charge in [-0.3, -0.25) is 14.3 Å². The van der Waals surface area contributed by atoms with Gasteiger partial charge in [0.1, 0.15) is 34.9 Å². The summed E-state index contributed by atoms with van der Waals surface area (Å²) in [6.07, 6.45) is 2.33. The average molecular weight is 449 g/mol. The maximum absolute atomic E-state index is 14.3. The lowest BCUT2D eigenvalue weighted by molar-refractivity contribution is 0.607. The van der Waals surface area contributed by atoms with Gasteiger partial charge in [0.15, 0.2) is 5.82 Å². The normalized spacial score (nSPS) is 11.8. The molecule has 0 aliphatic heterocycles. The fraction of sp³-hybridized carbons (Fsp3) is 0.143. The molecule has 5 N–H and O–H groups in total. The molecule has 1 atom stereocenters. The van der Waals surface area contributed by atoms with Crippen LogP contribution in [0, 0.1) is 29.9 Å². The van der Waals surface area contributed by atoms with Gasteiger partial charge in [-0.2, -0.15) is 15.2 Å². The number of benzene rings is 1. The summed E-state index contributed by atoms with van der Waals surface area (Å²) < 4.78 is 29.3. The molecule has 0 fully saturated rings. The van der Waals surface area contributed by atoms with Crippen LogP contribution in [0.3, 0.4) is 0 Å². The topological polar surface area (TPSA) is 161 Å². The first-order valence-electron chi connectivity index (χ1n) is 9.63. The lowest BCUT2D eigenvalue weighted by Crippen LogP contribution is -2.28. The molecule has 33 heavy (non-hydrogen) atoms. The maximum atomic E-state index is 14.3. The monoisotopic (exact) mass is 449 g/mol. The molecular weight excluding hydrogens is 432 g/mol. The predicted octanol–water partition coefficient (Wildman–Crippen LogP) is 2.37. The molecule has 0 aliphatic carbocycles. The summed E-state index contributed by atoms with van der Waals surface area (Å²) >= 11 is 0. The van der Waals surface area contributed by atoms with Crippen molar-refractivity contribution in [2.45, 2.75) is 19.9 Å². The van der Waals surface area contributed by atoms with Crippen LogP contribution in [-0.2, 0) is 0 Å². The molecule has 4 aromatic rings. The molecule has 0 amide bonds. The fourth-order valence-corrected chi connectivity index (χ4v) is 3.39. The third-order valence-electron chi connectivity index (χ3n) is 5.03. The molecule has 3 aromatic heterocycles. The smallest absolute Gasteiger partial charge is 0.266 e. The Morgan fingerprint density at radius 1 is 1.18 bits per heavy atom. The molecule has 0 bridgehead atoms. The number of nitrogens with two attached hydrogens (primary N) is 2. The lowest BCUT2D eigenvalue weighted by Gasteiger charge is -2.21. The van der Waals surface area contributed by atoms with E-state index in [1.54, 1.807) is 6.92 Å². The van der Waals surface area contributed by atoms with Crippen LogP contribution in [0.25, 0.3) is 16.6 Å². The first-order valence-corrected chi connectivity index (χ1v) is 9.63. The first kappa shape index (κ1) is 21.6. The van der Waals surface area contributed by atoms with Gasteiger partial charge in [-0.15, -0.1) is 0 Å². The van der Waals surface area contributed by atoms with Crippen LogP contribution in [0.5, 0.6) is 0 Å². The Morgan fingerprint density at radius 2 is 1.94 bits per heavy atom. The van der Waals surface area contributed by atoms with E-state index in [2.05, 4.69) is 25.3 Å². The maximum Gasteiger partial charge on any atom is 0.266 e. The average Bonchev–Trinajstić information content (AvgIpc) is 2.76. The van der Waals surface area contributed by atoms with Crippen LogP contribution in [0.4, 0.5) is 26.4 Å². The third-order valence-corrected chi connectivity index (χ3v) is 5.03. The largest absolute Gasteiger partial charge is 0.382 e. The summed E-state index contributed by atoms with van der Waals surface area (Å²) in [6, 6.07) is 4.73. The number of rotatable bonds is 4. The van der Waals surface area contributed by atoms with Gasteiger partial charge in [0.05, 0.1) is 35.0 Å². The van der Waals surface area contributed by atoms with Gasteiger partial charge in [0.25, 0.3) is 5.56 Å². The second-order valence-electron chi connectivity index (χ2n) is 7.21. The van der Waals surface area contributed by atoms with Gasteiger partial charge < -0.3 is 16.8 Å². The number of pyridine rings is 1. The van der Waals surface area contributed by atoms with Crippen LogP contribution < -0.4 is 22.3 Å². The number of aromatic nitrogens is 5. The zero-order valence-corrected chi connectivity index (χ0v) is 17.5. The number of hydrogen-bond donors (Lipinski definition) is 3. The summed E-state index contributed by atoms with van der Waals surface area (Å²) in [6.45, 7) is 3.13. The van der Waals surface area contributed by atoms with Gasteiger partial charge in [0, 0.05) is 5.56 Å². The van der Waals surface area contributed by atoms with Crippen molar-refractivity contribution in [3.05, 3.63) is 69.5 Å². The summed E-state index contributed by atoms with van der Waals surface area (Å²) in [4.78, 5) is 29.5. The number of fused-ring (bicyclic) bond motifs is 1. The number of nitrogens with zero attached hydrogens (tertiary/aromatic N) is 6. The third kappa shape index (κ3) is 3.76. The SMILES string of the molecule is Cc1c(F)cncc1-n1c(C(C)Nc2nc(N)nc(N)c2C#N)nc2ccc(F)cc2c1=O. The summed E-state index contributed by atoms with van der Waals surface area (Å²) in [7, 11) is 0. The first-order chi connectivity index (χ1) is 15.7. The van der Waals surface area contributed by atoms with Crippen LogP contribution in [0.2, 0.25) is 0 Å². The van der Waals surface area contributed by atoms with Crippen LogP contribution in [0.1, 0.15) is 29.9 Å². The van der Waals surface area contributed by atoms with E-state index in [-0.39, 0.29) is 51.1 Å². The zero-order valence-electron chi connectivity index (χ0n) is 17.5. The molecule has 3 heterocycles. The minimum atomic E-state index is -0.768. The molecule has 0 spiro atoms. The lowest BCUT2D eigenvalue weighted by atomic mass is 10.1. The Balaban J connectivity index is 1.97. The Labute approximate surface area is 185 Å². The highest BCUT2D eigenvalue weighted by Gasteiger charge is 2.22. The number of hydrogen-bond acceptors (Lipinski definition) is 9. The van der Waals surface area contributed by atoms with E-state index in [4.69, 9.17) is 11.5 Å². The molecule has 166 valence electrons. The highest BCUT2D eigenvalue weighted by molar-refractivity contribution is 5.78. The summed E-state index contributed by atoms with van der Waals surface area (Å²) in [5, 5.41) is 12.4. The molecule has 10 nitrogen and oxygen atoms in total. The van der Waals surface area contributed by atoms with Crippen molar-refractivity contribution in [3.63, 3.8) is 0 Å².